The van der Waals surface area contributed by atoms with Crippen LogP contribution in [-0.4, -0.2) is 22.8 Å². The summed E-state index contributed by atoms with van der Waals surface area (Å²) in [6.45, 7) is 2.58. The molecule has 1 aromatic carbocycles. The van der Waals surface area contributed by atoms with Gasteiger partial charge >= 0.3 is 0 Å². The minimum absolute atomic E-state index is 0.0977. The standard InChI is InChI=1S/C19H20N2O2S/c1-14-19(15-7-4-3-5-8-15)23-17(20-14)10-11-18(22)21(2)13-16-9-6-12-24-16/h3-9,12H,10-11,13H2,1-2H3. The Bertz CT molecular complexity index is 794. The Balaban J connectivity index is 1.60. The molecule has 5 heteroatoms. The van der Waals surface area contributed by atoms with E-state index in [0.717, 1.165) is 17.0 Å². The Labute approximate surface area is 145 Å². The van der Waals surface area contributed by atoms with E-state index in [-0.39, 0.29) is 5.91 Å². The first-order valence-corrected chi connectivity index (χ1v) is 8.79. The van der Waals surface area contributed by atoms with E-state index in [4.69, 9.17) is 4.42 Å². The molecule has 0 bridgehead atoms. The molecule has 0 unspecified atom stereocenters. The third-order valence-electron chi connectivity index (χ3n) is 3.83. The smallest absolute Gasteiger partial charge is 0.223 e. The van der Waals surface area contributed by atoms with Crippen molar-refractivity contribution in [3.8, 4) is 11.3 Å². The van der Waals surface area contributed by atoms with E-state index in [1.165, 1.54) is 4.88 Å². The van der Waals surface area contributed by atoms with E-state index in [1.54, 1.807) is 16.2 Å². The Morgan fingerprint density at radius 3 is 2.71 bits per heavy atom. The number of oxazole rings is 1. The van der Waals surface area contributed by atoms with Crippen molar-refractivity contribution in [1.29, 1.82) is 0 Å². The van der Waals surface area contributed by atoms with Crippen molar-refractivity contribution in [1.82, 2.24) is 9.88 Å². The summed E-state index contributed by atoms with van der Waals surface area (Å²) >= 11 is 1.66. The lowest BCUT2D eigenvalue weighted by molar-refractivity contribution is -0.130. The zero-order chi connectivity index (χ0) is 16.9. The summed E-state index contributed by atoms with van der Waals surface area (Å²) in [5.74, 6) is 1.50. The van der Waals surface area contributed by atoms with Gasteiger partial charge < -0.3 is 9.32 Å². The highest BCUT2D eigenvalue weighted by Crippen LogP contribution is 2.24. The van der Waals surface area contributed by atoms with Crippen molar-refractivity contribution in [2.75, 3.05) is 7.05 Å². The fraction of sp³-hybridized carbons (Fsp3) is 0.263. The van der Waals surface area contributed by atoms with Crippen LogP contribution in [0.3, 0.4) is 0 Å². The summed E-state index contributed by atoms with van der Waals surface area (Å²) in [5.41, 5.74) is 1.87. The Kier molecular flexibility index (Phi) is 5.11. The quantitative estimate of drug-likeness (QED) is 0.672. The SMILES string of the molecule is Cc1nc(CCC(=O)N(C)Cc2cccs2)oc1-c1ccccc1. The number of benzene rings is 1. The zero-order valence-electron chi connectivity index (χ0n) is 13.9. The van der Waals surface area contributed by atoms with Gasteiger partial charge in [-0.3, -0.25) is 4.79 Å². The molecule has 124 valence electrons. The van der Waals surface area contributed by atoms with Crippen molar-refractivity contribution in [3.05, 3.63) is 64.3 Å². The number of hydrogen-bond donors (Lipinski definition) is 0. The summed E-state index contributed by atoms with van der Waals surface area (Å²) in [7, 11) is 1.83. The summed E-state index contributed by atoms with van der Waals surface area (Å²) in [6.07, 6.45) is 0.914. The van der Waals surface area contributed by atoms with Gasteiger partial charge in [-0.15, -0.1) is 11.3 Å². The molecular weight excluding hydrogens is 320 g/mol. The average Bonchev–Trinajstić information content (AvgIpc) is 3.23. The molecule has 0 radical (unpaired) electrons. The van der Waals surface area contributed by atoms with E-state index < -0.39 is 0 Å². The third-order valence-corrected chi connectivity index (χ3v) is 4.69. The number of carbonyl (C=O) groups excluding carboxylic acids is 1. The predicted molar refractivity (Wildman–Crippen MR) is 95.8 cm³/mol. The molecule has 0 aliphatic carbocycles. The molecule has 0 N–H and O–H groups in total. The molecule has 0 fully saturated rings. The second-order valence-corrected chi connectivity index (χ2v) is 6.75. The van der Waals surface area contributed by atoms with Gasteiger partial charge in [0.05, 0.1) is 12.2 Å². The first-order valence-electron chi connectivity index (χ1n) is 7.91. The maximum Gasteiger partial charge on any atom is 0.223 e. The van der Waals surface area contributed by atoms with Gasteiger partial charge in [-0.2, -0.15) is 0 Å². The van der Waals surface area contributed by atoms with Crippen molar-refractivity contribution in [3.63, 3.8) is 0 Å². The average molecular weight is 340 g/mol. The summed E-state index contributed by atoms with van der Waals surface area (Å²) < 4.78 is 5.86. The lowest BCUT2D eigenvalue weighted by atomic mass is 10.1. The van der Waals surface area contributed by atoms with Crippen LogP contribution in [0.2, 0.25) is 0 Å². The molecule has 0 aliphatic rings. The van der Waals surface area contributed by atoms with Crippen LogP contribution in [0.1, 0.15) is 22.9 Å². The number of nitrogens with zero attached hydrogens (tertiary/aromatic N) is 2. The van der Waals surface area contributed by atoms with Crippen LogP contribution < -0.4 is 0 Å². The van der Waals surface area contributed by atoms with Crippen LogP contribution in [0.15, 0.2) is 52.3 Å². The first kappa shape index (κ1) is 16.5. The van der Waals surface area contributed by atoms with Crippen molar-refractivity contribution in [2.24, 2.45) is 0 Å². The van der Waals surface area contributed by atoms with E-state index in [1.807, 2.05) is 61.8 Å². The molecule has 1 amide bonds. The van der Waals surface area contributed by atoms with Crippen LogP contribution in [-0.2, 0) is 17.8 Å². The molecule has 0 aliphatic heterocycles. The number of carbonyl (C=O) groups is 1. The maximum atomic E-state index is 12.3. The number of amides is 1. The number of hydrogen-bond acceptors (Lipinski definition) is 4. The lowest BCUT2D eigenvalue weighted by Crippen LogP contribution is -2.26. The van der Waals surface area contributed by atoms with Crippen molar-refractivity contribution >= 4 is 17.2 Å². The third kappa shape index (κ3) is 3.92. The molecule has 2 heterocycles. The first-order chi connectivity index (χ1) is 11.6. The van der Waals surface area contributed by atoms with Crippen molar-refractivity contribution in [2.45, 2.75) is 26.3 Å². The Morgan fingerprint density at radius 2 is 2.00 bits per heavy atom. The van der Waals surface area contributed by atoms with E-state index in [2.05, 4.69) is 4.98 Å². The maximum absolute atomic E-state index is 12.3. The van der Waals surface area contributed by atoms with Gasteiger partial charge in [0.1, 0.15) is 0 Å². The zero-order valence-corrected chi connectivity index (χ0v) is 14.7. The monoisotopic (exact) mass is 340 g/mol. The highest BCUT2D eigenvalue weighted by atomic mass is 32.1. The van der Waals surface area contributed by atoms with Gasteiger partial charge in [0, 0.05) is 30.3 Å². The van der Waals surface area contributed by atoms with Gasteiger partial charge in [0.25, 0.3) is 0 Å². The highest BCUT2D eigenvalue weighted by Gasteiger charge is 2.15. The second kappa shape index (κ2) is 7.45. The highest BCUT2D eigenvalue weighted by molar-refractivity contribution is 7.09. The molecule has 24 heavy (non-hydrogen) atoms. The van der Waals surface area contributed by atoms with Gasteiger partial charge in [0.15, 0.2) is 11.7 Å². The van der Waals surface area contributed by atoms with Gasteiger partial charge in [0.2, 0.25) is 5.91 Å². The number of aromatic nitrogens is 1. The van der Waals surface area contributed by atoms with E-state index in [9.17, 15) is 4.79 Å². The minimum atomic E-state index is 0.0977. The topological polar surface area (TPSA) is 46.3 Å². The summed E-state index contributed by atoms with van der Waals surface area (Å²) in [5, 5.41) is 2.02. The molecule has 3 rings (SSSR count). The van der Waals surface area contributed by atoms with Gasteiger partial charge in [-0.25, -0.2) is 4.98 Å². The number of rotatable bonds is 6. The molecule has 3 aromatic rings. The normalized spacial score (nSPS) is 10.8. The van der Waals surface area contributed by atoms with Crippen LogP contribution in [0, 0.1) is 6.92 Å². The Hall–Kier alpha value is -2.40. The predicted octanol–water partition coefficient (Wildman–Crippen LogP) is 4.30. The van der Waals surface area contributed by atoms with E-state index >= 15 is 0 Å². The molecular formula is C19H20N2O2S. The lowest BCUT2D eigenvalue weighted by Gasteiger charge is -2.15. The Morgan fingerprint density at radius 1 is 1.21 bits per heavy atom. The molecule has 4 nitrogen and oxygen atoms in total. The molecule has 0 saturated carbocycles. The molecule has 0 atom stereocenters. The van der Waals surface area contributed by atoms with Crippen molar-refractivity contribution < 1.29 is 9.21 Å². The fourth-order valence-electron chi connectivity index (χ4n) is 2.55. The van der Waals surface area contributed by atoms with Gasteiger partial charge in [-0.05, 0) is 18.4 Å². The second-order valence-electron chi connectivity index (χ2n) is 5.72. The van der Waals surface area contributed by atoms with Crippen LogP contribution in [0.4, 0.5) is 0 Å². The van der Waals surface area contributed by atoms with Crippen LogP contribution in [0.25, 0.3) is 11.3 Å². The largest absolute Gasteiger partial charge is 0.440 e. The molecule has 2 aromatic heterocycles. The van der Waals surface area contributed by atoms with Gasteiger partial charge in [-0.1, -0.05) is 36.4 Å². The fourth-order valence-corrected chi connectivity index (χ4v) is 3.30. The van der Waals surface area contributed by atoms with E-state index in [0.29, 0.717) is 25.3 Å². The number of thiophene rings is 1. The van der Waals surface area contributed by atoms with Crippen LogP contribution in [0.5, 0.6) is 0 Å². The molecule has 0 saturated heterocycles. The summed E-state index contributed by atoms with van der Waals surface area (Å²) in [6, 6.07) is 13.9. The minimum Gasteiger partial charge on any atom is -0.440 e. The summed E-state index contributed by atoms with van der Waals surface area (Å²) in [4.78, 5) is 19.7. The number of aryl methyl sites for hydroxylation is 2. The molecule has 0 spiro atoms. The van der Waals surface area contributed by atoms with Crippen LogP contribution >= 0.6 is 11.3 Å².